The average Bonchev–Trinajstić information content (AvgIpc) is 2.25. The van der Waals surface area contributed by atoms with E-state index in [1.165, 1.54) is 12.8 Å². The molecule has 15 heavy (non-hydrogen) atoms. The highest BCUT2D eigenvalue weighted by molar-refractivity contribution is 7.99. The van der Waals surface area contributed by atoms with Gasteiger partial charge >= 0.3 is 0 Å². The van der Waals surface area contributed by atoms with Crippen molar-refractivity contribution >= 4 is 11.8 Å². The summed E-state index contributed by atoms with van der Waals surface area (Å²) in [5.74, 6) is 2.11. The standard InChI is InChI=1S/C11H23NO2S/c13-7-3-8-15-9-6-12-10-4-1-2-5-11(10)14/h10-14H,1-9H2/t10-,11-/m1/s1. The van der Waals surface area contributed by atoms with Gasteiger partial charge in [-0.1, -0.05) is 12.8 Å². The van der Waals surface area contributed by atoms with E-state index in [4.69, 9.17) is 5.11 Å². The quantitative estimate of drug-likeness (QED) is 0.574. The summed E-state index contributed by atoms with van der Waals surface area (Å²) in [5, 5.41) is 21.7. The lowest BCUT2D eigenvalue weighted by molar-refractivity contribution is 0.0921. The van der Waals surface area contributed by atoms with Crippen LogP contribution in [0, 0.1) is 0 Å². The van der Waals surface area contributed by atoms with Crippen molar-refractivity contribution in [3.05, 3.63) is 0 Å². The van der Waals surface area contributed by atoms with Gasteiger partial charge in [0.1, 0.15) is 0 Å². The Hall–Kier alpha value is 0.230. The normalized spacial score (nSPS) is 26.8. The number of thioether (sulfide) groups is 1. The molecule has 0 bridgehead atoms. The Labute approximate surface area is 96.6 Å². The molecule has 0 unspecified atom stereocenters. The van der Waals surface area contributed by atoms with E-state index in [0.29, 0.717) is 12.6 Å². The summed E-state index contributed by atoms with van der Waals surface area (Å²) < 4.78 is 0. The first-order valence-corrected chi connectivity index (χ1v) is 7.10. The minimum Gasteiger partial charge on any atom is -0.396 e. The van der Waals surface area contributed by atoms with Crippen LogP contribution in [0.3, 0.4) is 0 Å². The van der Waals surface area contributed by atoms with Gasteiger partial charge in [0.25, 0.3) is 0 Å². The van der Waals surface area contributed by atoms with Gasteiger partial charge in [-0.05, 0) is 25.0 Å². The zero-order valence-corrected chi connectivity index (χ0v) is 10.1. The van der Waals surface area contributed by atoms with E-state index in [1.807, 2.05) is 11.8 Å². The topological polar surface area (TPSA) is 52.5 Å². The van der Waals surface area contributed by atoms with Gasteiger partial charge in [0.2, 0.25) is 0 Å². The van der Waals surface area contributed by atoms with Crippen molar-refractivity contribution in [2.75, 3.05) is 24.7 Å². The Morgan fingerprint density at radius 2 is 2.00 bits per heavy atom. The molecule has 1 rings (SSSR count). The van der Waals surface area contributed by atoms with Gasteiger partial charge in [-0.25, -0.2) is 0 Å². The van der Waals surface area contributed by atoms with Crippen LogP contribution in [0.15, 0.2) is 0 Å². The van der Waals surface area contributed by atoms with Crippen LogP contribution in [0.5, 0.6) is 0 Å². The molecule has 1 fully saturated rings. The molecule has 0 radical (unpaired) electrons. The predicted molar refractivity (Wildman–Crippen MR) is 65.3 cm³/mol. The lowest BCUT2D eigenvalue weighted by Crippen LogP contribution is -2.42. The molecule has 1 aliphatic carbocycles. The van der Waals surface area contributed by atoms with Gasteiger partial charge < -0.3 is 15.5 Å². The van der Waals surface area contributed by atoms with Crippen LogP contribution in [0.4, 0.5) is 0 Å². The lowest BCUT2D eigenvalue weighted by Gasteiger charge is -2.28. The van der Waals surface area contributed by atoms with Crippen molar-refractivity contribution in [1.29, 1.82) is 0 Å². The fourth-order valence-electron chi connectivity index (χ4n) is 1.93. The molecule has 3 nitrogen and oxygen atoms in total. The molecule has 0 aliphatic heterocycles. The molecule has 3 N–H and O–H groups in total. The summed E-state index contributed by atoms with van der Waals surface area (Å²) in [5.41, 5.74) is 0. The van der Waals surface area contributed by atoms with E-state index in [2.05, 4.69) is 5.32 Å². The molecular formula is C11H23NO2S. The SMILES string of the molecule is OCCCSCCN[C@@H]1CCCC[C@H]1O. The zero-order chi connectivity index (χ0) is 10.9. The number of aliphatic hydroxyl groups excluding tert-OH is 2. The number of hydrogen-bond acceptors (Lipinski definition) is 4. The number of rotatable bonds is 7. The molecule has 0 spiro atoms. The molecule has 0 heterocycles. The van der Waals surface area contributed by atoms with Crippen molar-refractivity contribution < 1.29 is 10.2 Å². The van der Waals surface area contributed by atoms with E-state index < -0.39 is 0 Å². The smallest absolute Gasteiger partial charge is 0.0693 e. The maximum absolute atomic E-state index is 9.71. The first-order valence-electron chi connectivity index (χ1n) is 5.94. The van der Waals surface area contributed by atoms with Crippen LogP contribution < -0.4 is 5.32 Å². The second-order valence-electron chi connectivity index (χ2n) is 4.10. The summed E-state index contributed by atoms with van der Waals surface area (Å²) >= 11 is 1.86. The number of hydrogen-bond donors (Lipinski definition) is 3. The molecule has 90 valence electrons. The maximum atomic E-state index is 9.71. The van der Waals surface area contributed by atoms with Crippen molar-refractivity contribution in [2.45, 2.75) is 44.2 Å². The Morgan fingerprint density at radius 1 is 1.20 bits per heavy atom. The van der Waals surface area contributed by atoms with Gasteiger partial charge in [0.05, 0.1) is 6.10 Å². The van der Waals surface area contributed by atoms with Crippen LogP contribution in [0.2, 0.25) is 0 Å². The number of aliphatic hydroxyl groups is 2. The van der Waals surface area contributed by atoms with Crippen molar-refractivity contribution in [1.82, 2.24) is 5.32 Å². The van der Waals surface area contributed by atoms with Crippen LogP contribution in [-0.4, -0.2) is 47.0 Å². The number of nitrogens with one attached hydrogen (secondary N) is 1. The lowest BCUT2D eigenvalue weighted by atomic mass is 9.93. The molecule has 2 atom stereocenters. The Kier molecular flexibility index (Phi) is 7.44. The third-order valence-corrected chi connectivity index (χ3v) is 3.90. The summed E-state index contributed by atoms with van der Waals surface area (Å²) in [6, 6.07) is 0.317. The average molecular weight is 233 g/mol. The van der Waals surface area contributed by atoms with Crippen molar-refractivity contribution in [3.63, 3.8) is 0 Å². The third kappa shape index (κ3) is 5.76. The van der Waals surface area contributed by atoms with Gasteiger partial charge in [0.15, 0.2) is 0 Å². The zero-order valence-electron chi connectivity index (χ0n) is 9.32. The molecule has 0 amide bonds. The van der Waals surface area contributed by atoms with Crippen LogP contribution >= 0.6 is 11.8 Å². The molecule has 0 aromatic rings. The third-order valence-electron chi connectivity index (χ3n) is 2.83. The predicted octanol–water partition coefficient (Wildman–Crippen LogP) is 0.995. The summed E-state index contributed by atoms with van der Waals surface area (Å²) in [7, 11) is 0. The highest BCUT2D eigenvalue weighted by Crippen LogP contribution is 2.18. The monoisotopic (exact) mass is 233 g/mol. The van der Waals surface area contributed by atoms with E-state index in [0.717, 1.165) is 37.3 Å². The largest absolute Gasteiger partial charge is 0.396 e. The van der Waals surface area contributed by atoms with E-state index in [-0.39, 0.29) is 6.10 Å². The summed E-state index contributed by atoms with van der Waals surface area (Å²) in [6.45, 7) is 1.26. The Bertz CT molecular complexity index is 158. The second-order valence-corrected chi connectivity index (χ2v) is 5.33. The summed E-state index contributed by atoms with van der Waals surface area (Å²) in [4.78, 5) is 0. The van der Waals surface area contributed by atoms with Crippen LogP contribution in [0.25, 0.3) is 0 Å². The molecule has 0 saturated heterocycles. The maximum Gasteiger partial charge on any atom is 0.0693 e. The van der Waals surface area contributed by atoms with E-state index in [9.17, 15) is 5.11 Å². The van der Waals surface area contributed by atoms with Gasteiger partial charge in [-0.2, -0.15) is 11.8 Å². The molecule has 0 aromatic carbocycles. The molecule has 0 aromatic heterocycles. The Morgan fingerprint density at radius 3 is 2.73 bits per heavy atom. The van der Waals surface area contributed by atoms with E-state index >= 15 is 0 Å². The Balaban J connectivity index is 1.94. The van der Waals surface area contributed by atoms with Crippen LogP contribution in [-0.2, 0) is 0 Å². The molecule has 1 saturated carbocycles. The fourth-order valence-corrected chi connectivity index (χ4v) is 2.73. The molecule has 1 aliphatic rings. The summed E-state index contributed by atoms with van der Waals surface area (Å²) in [6.07, 6.45) is 5.23. The molecular weight excluding hydrogens is 210 g/mol. The second kappa shape index (κ2) is 8.39. The van der Waals surface area contributed by atoms with Gasteiger partial charge in [-0.15, -0.1) is 0 Å². The first-order chi connectivity index (χ1) is 7.34. The highest BCUT2D eigenvalue weighted by atomic mass is 32.2. The fraction of sp³-hybridized carbons (Fsp3) is 1.00. The minimum atomic E-state index is -0.138. The van der Waals surface area contributed by atoms with Crippen molar-refractivity contribution in [2.24, 2.45) is 0 Å². The highest BCUT2D eigenvalue weighted by Gasteiger charge is 2.21. The van der Waals surface area contributed by atoms with Gasteiger partial charge in [-0.3, -0.25) is 0 Å². The van der Waals surface area contributed by atoms with Crippen LogP contribution in [0.1, 0.15) is 32.1 Å². The minimum absolute atomic E-state index is 0.138. The van der Waals surface area contributed by atoms with E-state index in [1.54, 1.807) is 0 Å². The van der Waals surface area contributed by atoms with Crippen molar-refractivity contribution in [3.8, 4) is 0 Å². The van der Waals surface area contributed by atoms with Gasteiger partial charge in [0, 0.05) is 24.9 Å². The first kappa shape index (κ1) is 13.3. The molecule has 4 heteroatoms.